The van der Waals surface area contributed by atoms with Gasteiger partial charge in [-0.1, -0.05) is 48.5 Å². The van der Waals surface area contributed by atoms with Crippen LogP contribution in [-0.2, 0) is 26.6 Å². The second kappa shape index (κ2) is 18.3. The largest absolute Gasteiger partial charge is 0.507 e. The lowest BCUT2D eigenvalue weighted by Gasteiger charge is -2.24. The Morgan fingerprint density at radius 3 is 1.22 bits per heavy atom. The van der Waals surface area contributed by atoms with E-state index in [0.717, 1.165) is 0 Å². The van der Waals surface area contributed by atoms with Crippen molar-refractivity contribution < 1.29 is 51.0 Å². The summed E-state index contributed by atoms with van der Waals surface area (Å²) in [6.07, 6.45) is 1.13. The lowest BCUT2D eigenvalue weighted by atomic mass is 9.95. The molecule has 0 saturated heterocycles. The maximum absolute atomic E-state index is 14.0. The number of ether oxygens (including phenoxy) is 2. The predicted molar refractivity (Wildman–Crippen MR) is 194 cm³/mol. The maximum Gasteiger partial charge on any atom is 0.500 e. The summed E-state index contributed by atoms with van der Waals surface area (Å²) in [5.74, 6) is 0.775. The Bertz CT molecular complexity index is 1570. The van der Waals surface area contributed by atoms with Crippen LogP contribution in [-0.4, -0.2) is 89.5 Å². The van der Waals surface area contributed by atoms with E-state index in [9.17, 15) is 15.0 Å². The summed E-state index contributed by atoms with van der Waals surface area (Å²) < 4.78 is 45.7. The van der Waals surface area contributed by atoms with E-state index in [1.165, 1.54) is 0 Å². The number of rotatable bonds is 20. The number of carbonyl (C=O) groups is 1. The third kappa shape index (κ3) is 9.18. The molecule has 0 atom stereocenters. The molecular weight excluding hydrogens is 677 g/mol. The Balaban J connectivity index is 1.65. The average molecular weight is 723 g/mol. The van der Waals surface area contributed by atoms with Crippen LogP contribution in [0.3, 0.4) is 0 Å². The van der Waals surface area contributed by atoms with Gasteiger partial charge in [0.2, 0.25) is 0 Å². The first-order valence-electron chi connectivity index (χ1n) is 16.1. The standard InChI is InChI=1S/C37H46O11Si2/c1-41-49(42-2,43-3)23-11-21-47-35-25-27(17-19-31(35)29-13-7-9-15-33(29)38)37(40)28-18-20-32(30-14-8-10-16-34(30)39)36(26-28)48-22-12-24-50(44-4,45-5)46-6/h7-10,13-20,25-26,38-39H,11-12,21-24H2,1-6H3. The summed E-state index contributed by atoms with van der Waals surface area (Å²) in [6.45, 7) is 0.575. The van der Waals surface area contributed by atoms with Gasteiger partial charge in [-0.3, -0.25) is 4.79 Å². The van der Waals surface area contributed by atoms with Gasteiger partial charge in [-0.25, -0.2) is 0 Å². The van der Waals surface area contributed by atoms with Crippen molar-refractivity contribution in [1.29, 1.82) is 0 Å². The van der Waals surface area contributed by atoms with Crippen molar-refractivity contribution in [2.45, 2.75) is 24.9 Å². The number of benzene rings is 4. The van der Waals surface area contributed by atoms with E-state index in [0.29, 0.717) is 69.8 Å². The quantitative estimate of drug-likeness (QED) is 0.0558. The SMILES string of the molecule is CO[Si](CCCOc1cc(C(=O)c2ccc(-c3ccccc3O)c(OCCC[Si](OC)(OC)OC)c2)ccc1-c1ccccc1O)(OC)OC. The van der Waals surface area contributed by atoms with Gasteiger partial charge in [0.15, 0.2) is 5.78 Å². The van der Waals surface area contributed by atoms with Crippen molar-refractivity contribution in [3.8, 4) is 45.3 Å². The highest BCUT2D eigenvalue weighted by Crippen LogP contribution is 2.39. The summed E-state index contributed by atoms with van der Waals surface area (Å²) in [5.41, 5.74) is 3.17. The smallest absolute Gasteiger partial charge is 0.500 e. The van der Waals surface area contributed by atoms with Crippen LogP contribution in [0.4, 0.5) is 0 Å². The molecule has 4 aromatic carbocycles. The van der Waals surface area contributed by atoms with Gasteiger partial charge in [-0.15, -0.1) is 0 Å². The Morgan fingerprint density at radius 1 is 0.520 bits per heavy atom. The zero-order valence-electron chi connectivity index (χ0n) is 29.4. The summed E-state index contributed by atoms with van der Waals surface area (Å²) in [5, 5.41) is 21.3. The number of hydrogen-bond donors (Lipinski definition) is 2. The lowest BCUT2D eigenvalue weighted by Crippen LogP contribution is -2.42. The van der Waals surface area contributed by atoms with Crippen molar-refractivity contribution in [1.82, 2.24) is 0 Å². The minimum Gasteiger partial charge on any atom is -0.507 e. The molecule has 0 amide bonds. The van der Waals surface area contributed by atoms with Crippen molar-refractivity contribution in [2.75, 3.05) is 55.9 Å². The average Bonchev–Trinajstić information content (AvgIpc) is 3.16. The van der Waals surface area contributed by atoms with Gasteiger partial charge in [0.1, 0.15) is 23.0 Å². The minimum absolute atomic E-state index is 0.0870. The number of para-hydroxylation sites is 2. The van der Waals surface area contributed by atoms with Crippen LogP contribution in [0.1, 0.15) is 28.8 Å². The zero-order chi connectivity index (χ0) is 36.1. The highest BCUT2D eigenvalue weighted by molar-refractivity contribution is 6.60. The molecule has 4 rings (SSSR count). The van der Waals surface area contributed by atoms with E-state index in [1.807, 2.05) is 12.1 Å². The molecule has 0 unspecified atom stereocenters. The molecule has 0 saturated carbocycles. The van der Waals surface area contributed by atoms with Gasteiger partial charge in [0.05, 0.1) is 13.2 Å². The minimum atomic E-state index is -2.80. The Kier molecular flexibility index (Phi) is 14.1. The van der Waals surface area contributed by atoms with Crippen molar-refractivity contribution in [2.24, 2.45) is 0 Å². The van der Waals surface area contributed by atoms with Crippen LogP contribution in [0.15, 0.2) is 84.9 Å². The van der Waals surface area contributed by atoms with Crippen molar-refractivity contribution in [3.05, 3.63) is 96.1 Å². The highest BCUT2D eigenvalue weighted by Gasteiger charge is 2.38. The summed E-state index contributed by atoms with van der Waals surface area (Å²) >= 11 is 0. The van der Waals surface area contributed by atoms with Gasteiger partial charge < -0.3 is 46.2 Å². The molecule has 0 fully saturated rings. The molecule has 0 aromatic heterocycles. The third-order valence-corrected chi connectivity index (χ3v) is 14.2. The number of phenols is 2. The van der Waals surface area contributed by atoms with E-state index in [2.05, 4.69) is 0 Å². The second-order valence-electron chi connectivity index (χ2n) is 11.3. The molecule has 11 nitrogen and oxygen atoms in total. The normalized spacial score (nSPS) is 11.8. The molecular formula is C37H46O11Si2. The molecule has 0 spiro atoms. The van der Waals surface area contributed by atoms with Crippen LogP contribution < -0.4 is 9.47 Å². The van der Waals surface area contributed by atoms with Crippen molar-refractivity contribution >= 4 is 23.4 Å². The maximum atomic E-state index is 14.0. The summed E-state index contributed by atoms with van der Waals surface area (Å²) in [6, 6.07) is 25.3. The fraction of sp³-hybridized carbons (Fsp3) is 0.324. The molecule has 2 N–H and O–H groups in total. The first-order chi connectivity index (χ1) is 24.2. The van der Waals surface area contributed by atoms with E-state index in [-0.39, 0.29) is 30.5 Å². The van der Waals surface area contributed by atoms with Crippen molar-refractivity contribution in [3.63, 3.8) is 0 Å². The fourth-order valence-corrected chi connectivity index (χ4v) is 9.01. The number of carbonyl (C=O) groups excluding carboxylic acids is 1. The fourth-order valence-electron chi connectivity index (χ4n) is 5.63. The summed E-state index contributed by atoms with van der Waals surface area (Å²) in [4.78, 5) is 14.0. The first kappa shape index (κ1) is 38.7. The van der Waals surface area contributed by atoms with Gasteiger partial charge in [0, 0.05) is 88.1 Å². The van der Waals surface area contributed by atoms with Gasteiger partial charge in [-0.2, -0.15) is 0 Å². The predicted octanol–water partition coefficient (Wildman–Crippen LogP) is 6.96. The monoisotopic (exact) mass is 722 g/mol. The number of phenolic OH excluding ortho intramolecular Hbond substituents is 2. The van der Waals surface area contributed by atoms with Crippen LogP contribution in [0.2, 0.25) is 12.1 Å². The third-order valence-electron chi connectivity index (χ3n) is 8.51. The molecule has 0 heterocycles. The van der Waals surface area contributed by atoms with Crippen LogP contribution in [0, 0.1) is 0 Å². The molecule has 0 aliphatic heterocycles. The molecule has 0 aliphatic carbocycles. The molecule has 4 aromatic rings. The Morgan fingerprint density at radius 2 is 0.880 bits per heavy atom. The molecule has 13 heteroatoms. The summed E-state index contributed by atoms with van der Waals surface area (Å²) in [7, 11) is 3.78. The van der Waals surface area contributed by atoms with Crippen LogP contribution >= 0.6 is 0 Å². The van der Waals surface area contributed by atoms with E-state index in [1.54, 1.807) is 115 Å². The highest BCUT2D eigenvalue weighted by atomic mass is 28.4. The second-order valence-corrected chi connectivity index (χ2v) is 17.5. The molecule has 0 bridgehead atoms. The van der Waals surface area contributed by atoms with Crippen LogP contribution in [0.25, 0.3) is 22.3 Å². The van der Waals surface area contributed by atoms with Crippen LogP contribution in [0.5, 0.6) is 23.0 Å². The van der Waals surface area contributed by atoms with Gasteiger partial charge in [0.25, 0.3) is 0 Å². The topological polar surface area (TPSA) is 131 Å². The number of aromatic hydroxyl groups is 2. The van der Waals surface area contributed by atoms with E-state index >= 15 is 0 Å². The van der Waals surface area contributed by atoms with E-state index < -0.39 is 17.6 Å². The van der Waals surface area contributed by atoms with E-state index in [4.69, 9.17) is 36.0 Å². The zero-order valence-corrected chi connectivity index (χ0v) is 31.4. The Labute approximate surface area is 296 Å². The molecule has 268 valence electrons. The molecule has 0 radical (unpaired) electrons. The number of hydrogen-bond acceptors (Lipinski definition) is 11. The Hall–Kier alpha value is -4.06. The molecule has 0 aliphatic rings. The number of ketones is 1. The lowest BCUT2D eigenvalue weighted by molar-refractivity contribution is 0.103. The first-order valence-corrected chi connectivity index (χ1v) is 20.0. The molecule has 50 heavy (non-hydrogen) atoms. The van der Waals surface area contributed by atoms with Gasteiger partial charge in [-0.05, 0) is 49.2 Å². The van der Waals surface area contributed by atoms with Gasteiger partial charge >= 0.3 is 17.6 Å².